The molecule has 7 heteroatoms. The standard InChI is InChI=1S/C35H34FN3O3/c1-5-10-28(21-11-7-6-8-12-21)39-33(40)22-15-17-24(26(19-22)34(41)42)31-25(13-9-14-27(31)36)32-37-29-18-16-23(35(2,3)4)20-30(29)38-32/h6-9,11-20,28H,5,10H2,1-4H3,(H,37,38)(H,39,40)(H,41,42). The average molecular weight is 564 g/mol. The van der Waals surface area contributed by atoms with Crippen molar-refractivity contribution < 1.29 is 19.1 Å². The lowest BCUT2D eigenvalue weighted by atomic mass is 9.87. The van der Waals surface area contributed by atoms with Gasteiger partial charge in [0.25, 0.3) is 5.91 Å². The number of aromatic nitrogens is 2. The normalized spacial score (nSPS) is 12.3. The Morgan fingerprint density at radius 3 is 2.40 bits per heavy atom. The SMILES string of the molecule is CCCC(NC(=O)c1ccc(-c2c(F)cccc2-c2nc3cc(C(C)(C)C)ccc3[nH]2)c(C(=O)O)c1)c1ccccc1. The molecule has 0 radical (unpaired) electrons. The molecule has 1 unspecified atom stereocenters. The Labute approximate surface area is 244 Å². The quantitative estimate of drug-likeness (QED) is 0.177. The number of aromatic amines is 1. The van der Waals surface area contributed by atoms with Crippen molar-refractivity contribution in [3.63, 3.8) is 0 Å². The first kappa shape index (κ1) is 28.7. The lowest BCUT2D eigenvalue weighted by molar-refractivity contribution is 0.0697. The van der Waals surface area contributed by atoms with Crippen LogP contribution in [0.25, 0.3) is 33.5 Å². The second-order valence-electron chi connectivity index (χ2n) is 11.5. The number of fused-ring (bicyclic) bond motifs is 1. The minimum Gasteiger partial charge on any atom is -0.478 e. The zero-order valence-electron chi connectivity index (χ0n) is 24.2. The second-order valence-corrected chi connectivity index (χ2v) is 11.5. The van der Waals surface area contributed by atoms with Crippen LogP contribution in [0, 0.1) is 5.82 Å². The fourth-order valence-corrected chi connectivity index (χ4v) is 5.21. The number of nitrogens with one attached hydrogen (secondary N) is 2. The summed E-state index contributed by atoms with van der Waals surface area (Å²) < 4.78 is 15.5. The molecule has 0 spiro atoms. The van der Waals surface area contributed by atoms with Crippen LogP contribution in [0.5, 0.6) is 0 Å². The van der Waals surface area contributed by atoms with E-state index in [1.807, 2.05) is 55.5 Å². The summed E-state index contributed by atoms with van der Waals surface area (Å²) in [6, 6.07) is 24.3. The third-order valence-corrected chi connectivity index (χ3v) is 7.48. The third kappa shape index (κ3) is 5.81. The van der Waals surface area contributed by atoms with Gasteiger partial charge in [0.15, 0.2) is 0 Å². The van der Waals surface area contributed by atoms with Gasteiger partial charge < -0.3 is 15.4 Å². The third-order valence-electron chi connectivity index (χ3n) is 7.48. The number of amides is 1. The van der Waals surface area contributed by atoms with Gasteiger partial charge in [-0.1, -0.05) is 88.7 Å². The second kappa shape index (κ2) is 11.6. The monoisotopic (exact) mass is 563 g/mol. The molecule has 1 aromatic heterocycles. The zero-order valence-corrected chi connectivity index (χ0v) is 24.2. The van der Waals surface area contributed by atoms with E-state index in [1.165, 1.54) is 24.3 Å². The lowest BCUT2D eigenvalue weighted by Gasteiger charge is -2.19. The number of carbonyl (C=O) groups is 2. The Morgan fingerprint density at radius 2 is 1.71 bits per heavy atom. The summed E-state index contributed by atoms with van der Waals surface area (Å²) in [6.45, 7) is 8.40. The van der Waals surface area contributed by atoms with Crippen LogP contribution in [0.15, 0.2) is 84.9 Å². The van der Waals surface area contributed by atoms with Gasteiger partial charge in [0.05, 0.1) is 22.6 Å². The number of benzene rings is 4. The Hall–Kier alpha value is -4.78. The van der Waals surface area contributed by atoms with E-state index in [0.717, 1.165) is 35.0 Å². The summed E-state index contributed by atoms with van der Waals surface area (Å²) >= 11 is 0. The van der Waals surface area contributed by atoms with Crippen molar-refractivity contribution in [1.29, 1.82) is 0 Å². The first-order valence-corrected chi connectivity index (χ1v) is 14.1. The lowest BCUT2D eigenvalue weighted by Crippen LogP contribution is -2.28. The number of carboxylic acids is 1. The topological polar surface area (TPSA) is 95.1 Å². The molecule has 5 rings (SSSR count). The predicted octanol–water partition coefficient (Wildman–Crippen LogP) is 8.30. The molecule has 42 heavy (non-hydrogen) atoms. The smallest absolute Gasteiger partial charge is 0.336 e. The molecule has 214 valence electrons. The summed E-state index contributed by atoms with van der Waals surface area (Å²) in [6.07, 6.45) is 1.58. The zero-order chi connectivity index (χ0) is 30.0. The van der Waals surface area contributed by atoms with Gasteiger partial charge in [-0.25, -0.2) is 14.2 Å². The van der Waals surface area contributed by atoms with E-state index >= 15 is 4.39 Å². The van der Waals surface area contributed by atoms with Gasteiger partial charge in [0.2, 0.25) is 0 Å². The number of hydrogen-bond donors (Lipinski definition) is 3. The number of carbonyl (C=O) groups excluding carboxylic acids is 1. The highest BCUT2D eigenvalue weighted by atomic mass is 19.1. The average Bonchev–Trinajstić information content (AvgIpc) is 3.40. The van der Waals surface area contributed by atoms with E-state index in [0.29, 0.717) is 11.4 Å². The number of hydrogen-bond acceptors (Lipinski definition) is 3. The molecule has 1 amide bonds. The highest BCUT2D eigenvalue weighted by molar-refractivity contribution is 6.03. The van der Waals surface area contributed by atoms with Crippen molar-refractivity contribution in [3.05, 3.63) is 113 Å². The Morgan fingerprint density at radius 1 is 0.952 bits per heavy atom. The summed E-state index contributed by atoms with van der Waals surface area (Å²) in [5.41, 5.74) is 4.24. The van der Waals surface area contributed by atoms with Crippen LogP contribution in [0.1, 0.15) is 78.4 Å². The van der Waals surface area contributed by atoms with Crippen LogP contribution in [-0.2, 0) is 5.41 Å². The largest absolute Gasteiger partial charge is 0.478 e. The van der Waals surface area contributed by atoms with Crippen LogP contribution in [-0.4, -0.2) is 27.0 Å². The van der Waals surface area contributed by atoms with Gasteiger partial charge in [-0.15, -0.1) is 0 Å². The van der Waals surface area contributed by atoms with Crippen LogP contribution in [0.4, 0.5) is 4.39 Å². The molecule has 0 aliphatic heterocycles. The molecular weight excluding hydrogens is 529 g/mol. The Bertz CT molecular complexity index is 1770. The van der Waals surface area contributed by atoms with Crippen molar-refractivity contribution >= 4 is 22.9 Å². The molecule has 1 heterocycles. The summed E-state index contributed by atoms with van der Waals surface area (Å²) in [7, 11) is 0. The van der Waals surface area contributed by atoms with Gasteiger partial charge in [-0.2, -0.15) is 0 Å². The molecule has 0 aliphatic rings. The van der Waals surface area contributed by atoms with Crippen LogP contribution >= 0.6 is 0 Å². The van der Waals surface area contributed by atoms with Crippen LogP contribution < -0.4 is 5.32 Å². The summed E-state index contributed by atoms with van der Waals surface area (Å²) in [4.78, 5) is 33.8. The number of nitrogens with zero attached hydrogens (tertiary/aromatic N) is 1. The van der Waals surface area contributed by atoms with Gasteiger partial charge >= 0.3 is 5.97 Å². The highest BCUT2D eigenvalue weighted by Gasteiger charge is 2.24. The number of carboxylic acid groups (broad SMARTS) is 1. The van der Waals surface area contributed by atoms with E-state index in [-0.39, 0.29) is 33.7 Å². The maximum atomic E-state index is 15.5. The van der Waals surface area contributed by atoms with E-state index in [1.54, 1.807) is 12.1 Å². The Kier molecular flexibility index (Phi) is 7.94. The molecule has 3 N–H and O–H groups in total. The number of halogens is 1. The summed E-state index contributed by atoms with van der Waals surface area (Å²) in [5, 5.41) is 13.2. The molecule has 5 aromatic rings. The minimum atomic E-state index is -1.26. The molecule has 0 fully saturated rings. The first-order chi connectivity index (χ1) is 20.1. The van der Waals surface area contributed by atoms with Gasteiger partial charge in [0.1, 0.15) is 11.6 Å². The predicted molar refractivity (Wildman–Crippen MR) is 164 cm³/mol. The molecule has 0 bridgehead atoms. The Balaban J connectivity index is 1.55. The number of aromatic carboxylic acids is 1. The molecule has 1 atom stereocenters. The van der Waals surface area contributed by atoms with Crippen molar-refractivity contribution in [3.8, 4) is 22.5 Å². The van der Waals surface area contributed by atoms with E-state index in [9.17, 15) is 14.7 Å². The number of imidazole rings is 1. The molecule has 0 aliphatic carbocycles. The molecule has 0 saturated heterocycles. The first-order valence-electron chi connectivity index (χ1n) is 14.1. The highest BCUT2D eigenvalue weighted by Crippen LogP contribution is 2.37. The molecule has 6 nitrogen and oxygen atoms in total. The van der Waals surface area contributed by atoms with Crippen molar-refractivity contribution in [2.24, 2.45) is 0 Å². The maximum absolute atomic E-state index is 15.5. The van der Waals surface area contributed by atoms with Crippen LogP contribution in [0.2, 0.25) is 0 Å². The van der Waals surface area contributed by atoms with E-state index < -0.39 is 17.7 Å². The van der Waals surface area contributed by atoms with Gasteiger partial charge in [0, 0.05) is 16.7 Å². The minimum absolute atomic E-state index is 0.0700. The number of rotatable bonds is 8. The van der Waals surface area contributed by atoms with Crippen molar-refractivity contribution in [2.45, 2.75) is 52.0 Å². The fourth-order valence-electron chi connectivity index (χ4n) is 5.21. The molecule has 0 saturated carbocycles. The van der Waals surface area contributed by atoms with Crippen molar-refractivity contribution in [2.75, 3.05) is 0 Å². The molecule has 4 aromatic carbocycles. The van der Waals surface area contributed by atoms with Crippen LogP contribution in [0.3, 0.4) is 0 Å². The van der Waals surface area contributed by atoms with Gasteiger partial charge in [-0.3, -0.25) is 4.79 Å². The van der Waals surface area contributed by atoms with E-state index in [2.05, 4.69) is 31.1 Å². The maximum Gasteiger partial charge on any atom is 0.336 e. The number of H-pyrrole nitrogens is 1. The van der Waals surface area contributed by atoms with E-state index in [4.69, 9.17) is 4.98 Å². The molecular formula is C35H34FN3O3. The van der Waals surface area contributed by atoms with Gasteiger partial charge in [-0.05, 0) is 58.9 Å². The summed E-state index contributed by atoms with van der Waals surface area (Å²) in [5.74, 6) is -1.82. The fraction of sp³-hybridized carbons (Fsp3) is 0.229. The van der Waals surface area contributed by atoms with Crippen molar-refractivity contribution in [1.82, 2.24) is 15.3 Å².